The van der Waals surface area contributed by atoms with E-state index in [4.69, 9.17) is 11.6 Å². The molecule has 0 amide bonds. The normalized spacial score (nSPS) is 12.7. The van der Waals surface area contributed by atoms with Crippen LogP contribution >= 0.6 is 11.6 Å². The lowest BCUT2D eigenvalue weighted by Gasteiger charge is -2.14. The molecule has 1 aromatic heterocycles. The largest absolute Gasteiger partial charge is 0.388 e. The number of aliphatic hydroxyl groups is 1. The molecule has 0 saturated carbocycles. The number of aryl methyl sites for hydroxylation is 3. The number of benzene rings is 1. The van der Waals surface area contributed by atoms with Gasteiger partial charge in [0, 0.05) is 18.5 Å². The van der Waals surface area contributed by atoms with Crippen LogP contribution < -0.4 is 0 Å². The molecule has 1 aromatic carbocycles. The summed E-state index contributed by atoms with van der Waals surface area (Å²) in [6, 6.07) is 4.71. The lowest BCUT2D eigenvalue weighted by atomic mass is 10.0. The van der Waals surface area contributed by atoms with Gasteiger partial charge in [0.1, 0.15) is 5.82 Å². The van der Waals surface area contributed by atoms with Crippen LogP contribution in [0.15, 0.2) is 18.2 Å². The molecule has 2 aromatic rings. The van der Waals surface area contributed by atoms with Crippen LogP contribution in [-0.4, -0.2) is 14.9 Å². The van der Waals surface area contributed by atoms with Crippen molar-refractivity contribution in [2.75, 3.05) is 0 Å². The highest BCUT2D eigenvalue weighted by Crippen LogP contribution is 2.27. The molecule has 0 aliphatic heterocycles. The van der Waals surface area contributed by atoms with E-state index in [1.54, 1.807) is 16.8 Å². The maximum Gasteiger partial charge on any atom is 0.129 e. The lowest BCUT2D eigenvalue weighted by molar-refractivity contribution is 0.170. The Kier molecular flexibility index (Phi) is 4.45. The van der Waals surface area contributed by atoms with Crippen molar-refractivity contribution in [1.82, 2.24) is 9.78 Å². The van der Waals surface area contributed by atoms with Crippen LogP contribution in [0.5, 0.6) is 0 Å². The third-order valence-electron chi connectivity index (χ3n) is 3.35. The van der Waals surface area contributed by atoms with E-state index in [1.807, 2.05) is 20.8 Å². The summed E-state index contributed by atoms with van der Waals surface area (Å²) in [5, 5.41) is 15.1. The van der Waals surface area contributed by atoms with Gasteiger partial charge in [0.25, 0.3) is 0 Å². The monoisotopic (exact) mass is 296 g/mol. The van der Waals surface area contributed by atoms with E-state index < -0.39 is 11.9 Å². The first-order chi connectivity index (χ1) is 9.43. The highest BCUT2D eigenvalue weighted by molar-refractivity contribution is 6.31. The summed E-state index contributed by atoms with van der Waals surface area (Å²) in [5.41, 5.74) is 2.66. The van der Waals surface area contributed by atoms with E-state index in [1.165, 1.54) is 6.07 Å². The van der Waals surface area contributed by atoms with E-state index >= 15 is 0 Å². The van der Waals surface area contributed by atoms with Crippen molar-refractivity contribution in [2.45, 2.75) is 39.8 Å². The lowest BCUT2D eigenvalue weighted by Crippen LogP contribution is -2.10. The van der Waals surface area contributed by atoms with Gasteiger partial charge in [0.05, 0.1) is 22.5 Å². The van der Waals surface area contributed by atoms with Crippen LogP contribution in [0.25, 0.3) is 0 Å². The zero-order valence-corrected chi connectivity index (χ0v) is 12.6. The van der Waals surface area contributed by atoms with Gasteiger partial charge < -0.3 is 5.11 Å². The molecule has 5 heteroatoms. The molecule has 1 heterocycles. The van der Waals surface area contributed by atoms with Crippen molar-refractivity contribution in [3.05, 3.63) is 51.6 Å². The fraction of sp³-hybridized carbons (Fsp3) is 0.400. The standard InChI is InChI=1S/C15H18ClFN2O/c1-4-19-13(15(16)10(3)18-19)8-14(20)11-7-9(2)5-6-12(11)17/h5-7,14,20H,4,8H2,1-3H3. The predicted octanol–water partition coefficient (Wildman–Crippen LogP) is 3.59. The molecular weight excluding hydrogens is 279 g/mol. The van der Waals surface area contributed by atoms with Crippen molar-refractivity contribution in [1.29, 1.82) is 0 Å². The highest BCUT2D eigenvalue weighted by Gasteiger charge is 2.19. The average molecular weight is 297 g/mol. The van der Waals surface area contributed by atoms with Crippen LogP contribution in [0.1, 0.15) is 35.5 Å². The summed E-state index contributed by atoms with van der Waals surface area (Å²) in [4.78, 5) is 0. The molecule has 0 aliphatic carbocycles. The first kappa shape index (κ1) is 15.0. The molecule has 2 rings (SSSR count). The quantitative estimate of drug-likeness (QED) is 0.936. The third kappa shape index (κ3) is 2.86. The molecule has 0 fully saturated rings. The summed E-state index contributed by atoms with van der Waals surface area (Å²) in [5.74, 6) is -0.404. The number of rotatable bonds is 4. The minimum absolute atomic E-state index is 0.244. The van der Waals surface area contributed by atoms with Gasteiger partial charge in [-0.3, -0.25) is 4.68 Å². The summed E-state index contributed by atoms with van der Waals surface area (Å²) >= 11 is 6.21. The van der Waals surface area contributed by atoms with E-state index in [0.717, 1.165) is 17.0 Å². The number of aliphatic hydroxyl groups excluding tert-OH is 1. The van der Waals surface area contributed by atoms with E-state index in [9.17, 15) is 9.50 Å². The fourth-order valence-corrected chi connectivity index (χ4v) is 2.49. The Morgan fingerprint density at radius 3 is 2.75 bits per heavy atom. The van der Waals surface area contributed by atoms with Crippen molar-refractivity contribution < 1.29 is 9.50 Å². The zero-order chi connectivity index (χ0) is 14.9. The maximum atomic E-state index is 13.8. The van der Waals surface area contributed by atoms with Gasteiger partial charge in [-0.05, 0) is 26.8 Å². The molecule has 0 saturated heterocycles. The molecule has 0 bridgehead atoms. The smallest absolute Gasteiger partial charge is 0.129 e. The minimum Gasteiger partial charge on any atom is -0.388 e. The summed E-state index contributed by atoms with van der Waals surface area (Å²) in [6.07, 6.45) is -0.692. The Morgan fingerprint density at radius 1 is 1.40 bits per heavy atom. The Balaban J connectivity index is 2.32. The number of halogens is 2. The molecule has 20 heavy (non-hydrogen) atoms. The molecule has 1 atom stereocenters. The third-order valence-corrected chi connectivity index (χ3v) is 3.84. The number of nitrogens with zero attached hydrogens (tertiary/aromatic N) is 2. The molecular formula is C15H18ClFN2O. The van der Waals surface area contributed by atoms with Crippen molar-refractivity contribution in [3.63, 3.8) is 0 Å². The molecule has 3 nitrogen and oxygen atoms in total. The molecule has 0 aliphatic rings. The Labute approximate surface area is 123 Å². The second kappa shape index (κ2) is 5.94. The average Bonchev–Trinajstić information content (AvgIpc) is 2.69. The maximum absolute atomic E-state index is 13.8. The SMILES string of the molecule is CCn1nc(C)c(Cl)c1CC(O)c1cc(C)ccc1F. The minimum atomic E-state index is -0.936. The van der Waals surface area contributed by atoms with Gasteiger partial charge in [-0.1, -0.05) is 29.3 Å². The van der Waals surface area contributed by atoms with Gasteiger partial charge in [0.2, 0.25) is 0 Å². The molecule has 0 radical (unpaired) electrons. The fourth-order valence-electron chi connectivity index (χ4n) is 2.28. The van der Waals surface area contributed by atoms with Crippen LogP contribution in [0, 0.1) is 19.7 Å². The van der Waals surface area contributed by atoms with Crippen molar-refractivity contribution in [2.24, 2.45) is 0 Å². The molecule has 1 unspecified atom stereocenters. The first-order valence-electron chi connectivity index (χ1n) is 6.60. The van der Waals surface area contributed by atoms with Crippen LogP contribution in [0.3, 0.4) is 0 Å². The van der Waals surface area contributed by atoms with E-state index in [-0.39, 0.29) is 6.42 Å². The van der Waals surface area contributed by atoms with Crippen molar-refractivity contribution in [3.8, 4) is 0 Å². The number of hydrogen-bond donors (Lipinski definition) is 1. The van der Waals surface area contributed by atoms with Gasteiger partial charge in [0.15, 0.2) is 0 Å². The second-order valence-corrected chi connectivity index (χ2v) is 5.28. The van der Waals surface area contributed by atoms with E-state index in [2.05, 4.69) is 5.10 Å². The van der Waals surface area contributed by atoms with Crippen molar-refractivity contribution >= 4 is 11.6 Å². The first-order valence-corrected chi connectivity index (χ1v) is 6.97. The van der Waals surface area contributed by atoms with Crippen LogP contribution in [0.4, 0.5) is 4.39 Å². The van der Waals surface area contributed by atoms with Crippen LogP contribution in [-0.2, 0) is 13.0 Å². The van der Waals surface area contributed by atoms with Gasteiger partial charge in [-0.2, -0.15) is 5.10 Å². The van der Waals surface area contributed by atoms with Gasteiger partial charge >= 0.3 is 0 Å². The molecule has 108 valence electrons. The number of hydrogen-bond acceptors (Lipinski definition) is 2. The second-order valence-electron chi connectivity index (χ2n) is 4.91. The Bertz CT molecular complexity index is 625. The highest BCUT2D eigenvalue weighted by atomic mass is 35.5. The Morgan fingerprint density at radius 2 is 2.10 bits per heavy atom. The summed E-state index contributed by atoms with van der Waals surface area (Å²) in [7, 11) is 0. The molecule has 0 spiro atoms. The summed E-state index contributed by atoms with van der Waals surface area (Å²) in [6.45, 7) is 6.29. The topological polar surface area (TPSA) is 38.0 Å². The van der Waals surface area contributed by atoms with Gasteiger partial charge in [-0.25, -0.2) is 4.39 Å². The zero-order valence-electron chi connectivity index (χ0n) is 11.8. The predicted molar refractivity (Wildman–Crippen MR) is 77.4 cm³/mol. The van der Waals surface area contributed by atoms with Crippen LogP contribution in [0.2, 0.25) is 5.02 Å². The Hall–Kier alpha value is -1.39. The van der Waals surface area contributed by atoms with Gasteiger partial charge in [-0.15, -0.1) is 0 Å². The number of aromatic nitrogens is 2. The van der Waals surface area contributed by atoms with E-state index in [0.29, 0.717) is 17.1 Å². The molecule has 1 N–H and O–H groups in total. The summed E-state index contributed by atoms with van der Waals surface area (Å²) < 4.78 is 15.5.